The van der Waals surface area contributed by atoms with Crippen LogP contribution in [0.5, 0.6) is 0 Å². The predicted octanol–water partition coefficient (Wildman–Crippen LogP) is 4.04. The molecule has 0 aliphatic carbocycles. The Kier molecular flexibility index (Phi) is 5.30. The van der Waals surface area contributed by atoms with Crippen LogP contribution in [0.4, 0.5) is 0 Å². The summed E-state index contributed by atoms with van der Waals surface area (Å²) in [5.74, 6) is 3.56. The van der Waals surface area contributed by atoms with Gasteiger partial charge in [0.05, 0.1) is 0 Å². The molecule has 1 nitrogen and oxygen atoms in total. The van der Waals surface area contributed by atoms with Crippen LogP contribution in [-0.4, -0.2) is 24.0 Å². The minimum Gasteiger partial charge on any atom is -0.301 e. The van der Waals surface area contributed by atoms with Crippen molar-refractivity contribution in [2.75, 3.05) is 13.1 Å². The molecule has 2 atom stereocenters. The van der Waals surface area contributed by atoms with E-state index in [-0.39, 0.29) is 0 Å². The van der Waals surface area contributed by atoms with Gasteiger partial charge in [0.25, 0.3) is 0 Å². The molecule has 1 rings (SSSR count). The van der Waals surface area contributed by atoms with Gasteiger partial charge < -0.3 is 4.90 Å². The van der Waals surface area contributed by atoms with Gasteiger partial charge in [-0.1, -0.05) is 27.7 Å². The minimum atomic E-state index is 0.721. The Morgan fingerprint density at radius 3 is 1.38 bits per heavy atom. The summed E-state index contributed by atoms with van der Waals surface area (Å²) in [7, 11) is 0. The van der Waals surface area contributed by atoms with E-state index in [2.05, 4.69) is 46.4 Å². The molecular weight excluding hydrogens is 194 g/mol. The number of hydrogen-bond donors (Lipinski definition) is 0. The van der Waals surface area contributed by atoms with E-state index < -0.39 is 0 Å². The monoisotopic (exact) mass is 225 g/mol. The van der Waals surface area contributed by atoms with Crippen LogP contribution in [0.2, 0.25) is 0 Å². The number of likely N-dealkylation sites (tertiary alicyclic amines) is 1. The molecular formula is C15H31N. The van der Waals surface area contributed by atoms with Crippen molar-refractivity contribution in [1.82, 2.24) is 4.90 Å². The highest BCUT2D eigenvalue weighted by molar-refractivity contribution is 4.82. The molecule has 1 heteroatoms. The maximum absolute atomic E-state index is 2.66. The fraction of sp³-hybridized carbons (Fsp3) is 1.00. The molecule has 1 heterocycles. The van der Waals surface area contributed by atoms with Crippen LogP contribution >= 0.6 is 0 Å². The van der Waals surface area contributed by atoms with Crippen LogP contribution < -0.4 is 0 Å². The number of nitrogens with zero attached hydrogens (tertiary/aromatic N) is 1. The van der Waals surface area contributed by atoms with Gasteiger partial charge in [0, 0.05) is 6.04 Å². The van der Waals surface area contributed by atoms with E-state index in [1.807, 2.05) is 0 Å². The maximum atomic E-state index is 2.66. The third-order valence-corrected chi connectivity index (χ3v) is 4.49. The molecule has 0 saturated carbocycles. The number of rotatable bonds is 3. The van der Waals surface area contributed by atoms with E-state index in [1.165, 1.54) is 25.9 Å². The third-order valence-electron chi connectivity index (χ3n) is 4.49. The van der Waals surface area contributed by atoms with E-state index in [9.17, 15) is 0 Å². The number of hydrogen-bond acceptors (Lipinski definition) is 1. The van der Waals surface area contributed by atoms with Crippen molar-refractivity contribution < 1.29 is 0 Å². The van der Waals surface area contributed by atoms with Gasteiger partial charge in [0.2, 0.25) is 0 Å². The van der Waals surface area contributed by atoms with Crippen LogP contribution in [0, 0.1) is 23.7 Å². The minimum absolute atomic E-state index is 0.721. The molecule has 0 aromatic rings. The molecule has 1 aliphatic rings. The smallest absolute Gasteiger partial charge is 0.00385 e. The second-order valence-corrected chi connectivity index (χ2v) is 6.52. The zero-order valence-corrected chi connectivity index (χ0v) is 12.2. The zero-order valence-electron chi connectivity index (χ0n) is 12.2. The van der Waals surface area contributed by atoms with Gasteiger partial charge in [0.1, 0.15) is 0 Å². The fourth-order valence-electron chi connectivity index (χ4n) is 3.34. The summed E-state index contributed by atoms with van der Waals surface area (Å²) >= 11 is 0. The highest BCUT2D eigenvalue weighted by atomic mass is 15.1. The molecule has 0 N–H and O–H groups in total. The topological polar surface area (TPSA) is 3.24 Å². The van der Waals surface area contributed by atoms with Crippen LogP contribution in [-0.2, 0) is 0 Å². The molecule has 1 aliphatic heterocycles. The lowest BCUT2D eigenvalue weighted by Gasteiger charge is -2.31. The van der Waals surface area contributed by atoms with Gasteiger partial charge >= 0.3 is 0 Å². The van der Waals surface area contributed by atoms with Gasteiger partial charge in [-0.05, 0) is 63.5 Å². The lowest BCUT2D eigenvalue weighted by atomic mass is 9.74. The first-order chi connectivity index (χ1) is 7.43. The second-order valence-electron chi connectivity index (χ2n) is 6.52. The summed E-state index contributed by atoms with van der Waals surface area (Å²) in [5, 5.41) is 0. The molecule has 16 heavy (non-hydrogen) atoms. The maximum Gasteiger partial charge on any atom is 0.00385 e. The largest absolute Gasteiger partial charge is 0.301 e. The lowest BCUT2D eigenvalue weighted by molar-refractivity contribution is 0.190. The van der Waals surface area contributed by atoms with E-state index in [4.69, 9.17) is 0 Å². The molecule has 1 fully saturated rings. The molecule has 0 aromatic carbocycles. The van der Waals surface area contributed by atoms with Crippen LogP contribution in [0.15, 0.2) is 0 Å². The molecule has 96 valence electrons. The Balaban J connectivity index is 2.69. The van der Waals surface area contributed by atoms with E-state index in [1.54, 1.807) is 0 Å². The first-order valence-electron chi connectivity index (χ1n) is 7.17. The standard InChI is InChI=1S/C15H31N/c1-11(2)14-7-9-16(13(5)6)10-8-15(14)12(3)4/h11-15H,7-10H2,1-6H3. The SMILES string of the molecule is CC(C)C1CCN(C(C)C)CCC1C(C)C. The summed E-state index contributed by atoms with van der Waals surface area (Å²) in [5.41, 5.74) is 0. The van der Waals surface area contributed by atoms with Crippen LogP contribution in [0.1, 0.15) is 54.4 Å². The van der Waals surface area contributed by atoms with Crippen molar-refractivity contribution >= 4 is 0 Å². The van der Waals surface area contributed by atoms with E-state index in [0.29, 0.717) is 0 Å². The van der Waals surface area contributed by atoms with Gasteiger partial charge in [-0.15, -0.1) is 0 Å². The highest BCUT2D eigenvalue weighted by Crippen LogP contribution is 2.35. The van der Waals surface area contributed by atoms with Gasteiger partial charge in [-0.3, -0.25) is 0 Å². The lowest BCUT2D eigenvalue weighted by Crippen LogP contribution is -2.31. The summed E-state index contributed by atoms with van der Waals surface area (Å²) in [4.78, 5) is 2.66. The van der Waals surface area contributed by atoms with Crippen LogP contribution in [0.3, 0.4) is 0 Å². The van der Waals surface area contributed by atoms with Crippen molar-refractivity contribution in [3.63, 3.8) is 0 Å². The Hall–Kier alpha value is -0.0400. The molecule has 2 unspecified atom stereocenters. The first kappa shape index (κ1) is 14.0. The highest BCUT2D eigenvalue weighted by Gasteiger charge is 2.30. The molecule has 1 saturated heterocycles. The zero-order chi connectivity index (χ0) is 12.3. The van der Waals surface area contributed by atoms with Gasteiger partial charge in [0.15, 0.2) is 0 Å². The molecule has 0 amide bonds. The molecule has 0 bridgehead atoms. The molecule has 0 aromatic heterocycles. The summed E-state index contributed by atoms with van der Waals surface area (Å²) in [6.07, 6.45) is 2.80. The molecule has 0 radical (unpaired) electrons. The van der Waals surface area contributed by atoms with Gasteiger partial charge in [-0.2, -0.15) is 0 Å². The Bertz CT molecular complexity index is 178. The summed E-state index contributed by atoms with van der Waals surface area (Å²) in [6, 6.07) is 0.721. The third kappa shape index (κ3) is 3.48. The average molecular weight is 225 g/mol. The Labute approximate surface area is 103 Å². The second kappa shape index (κ2) is 6.05. The first-order valence-corrected chi connectivity index (χ1v) is 7.17. The normalized spacial score (nSPS) is 29.1. The van der Waals surface area contributed by atoms with E-state index >= 15 is 0 Å². The molecule has 0 spiro atoms. The quantitative estimate of drug-likeness (QED) is 0.701. The van der Waals surface area contributed by atoms with Crippen molar-refractivity contribution in [2.24, 2.45) is 23.7 Å². The van der Waals surface area contributed by atoms with Crippen molar-refractivity contribution in [2.45, 2.75) is 60.4 Å². The average Bonchev–Trinajstić information content (AvgIpc) is 2.38. The fourth-order valence-corrected chi connectivity index (χ4v) is 3.34. The van der Waals surface area contributed by atoms with Crippen LogP contribution in [0.25, 0.3) is 0 Å². The van der Waals surface area contributed by atoms with Crippen molar-refractivity contribution in [1.29, 1.82) is 0 Å². The summed E-state index contributed by atoms with van der Waals surface area (Å²) in [6.45, 7) is 16.9. The Morgan fingerprint density at radius 2 is 1.12 bits per heavy atom. The van der Waals surface area contributed by atoms with Gasteiger partial charge in [-0.25, -0.2) is 0 Å². The summed E-state index contributed by atoms with van der Waals surface area (Å²) < 4.78 is 0. The van der Waals surface area contributed by atoms with Crippen molar-refractivity contribution in [3.8, 4) is 0 Å². The van der Waals surface area contributed by atoms with Crippen molar-refractivity contribution in [3.05, 3.63) is 0 Å². The predicted molar refractivity (Wildman–Crippen MR) is 72.6 cm³/mol. The Morgan fingerprint density at radius 1 is 0.750 bits per heavy atom. The van der Waals surface area contributed by atoms with E-state index in [0.717, 1.165) is 29.7 Å².